The summed E-state index contributed by atoms with van der Waals surface area (Å²) in [7, 11) is 0. The van der Waals surface area contributed by atoms with Gasteiger partial charge >= 0.3 is 0 Å². The van der Waals surface area contributed by atoms with Crippen molar-refractivity contribution < 1.29 is 0 Å². The first-order chi connectivity index (χ1) is 14.2. The average Bonchev–Trinajstić information content (AvgIpc) is 2.76. The molecular weight excluding hydrogens is 347 g/mol. The number of fused-ring (bicyclic) bond motifs is 4. The lowest BCUT2D eigenvalue weighted by molar-refractivity contribution is 1.50. The maximum Gasteiger partial charge on any atom is 0.245 e. The summed E-state index contributed by atoms with van der Waals surface area (Å²) in [5.41, 5.74) is 12.9. The Hall–Kier alpha value is -3.32. The van der Waals surface area contributed by atoms with Crippen LogP contribution in [-0.4, -0.2) is 6.71 Å². The Morgan fingerprint density at radius 2 is 0.897 bits per heavy atom. The Morgan fingerprint density at radius 3 is 1.41 bits per heavy atom. The minimum Gasteiger partial charge on any atom is -0.0611 e. The highest BCUT2D eigenvalue weighted by atomic mass is 14.3. The predicted molar refractivity (Wildman–Crippen MR) is 126 cm³/mol. The van der Waals surface area contributed by atoms with Crippen LogP contribution in [0.2, 0.25) is 0 Å². The second-order valence-electron chi connectivity index (χ2n) is 8.60. The van der Waals surface area contributed by atoms with Crippen molar-refractivity contribution in [1.29, 1.82) is 0 Å². The molecule has 5 aromatic rings. The highest BCUT2D eigenvalue weighted by molar-refractivity contribution is 7.02. The summed E-state index contributed by atoms with van der Waals surface area (Å²) < 4.78 is 0. The highest BCUT2D eigenvalue weighted by Crippen LogP contribution is 2.39. The lowest BCUT2D eigenvalue weighted by Crippen LogP contribution is -2.58. The maximum absolute atomic E-state index is 2.33. The highest BCUT2D eigenvalue weighted by Gasteiger charge is 2.39. The molecule has 0 spiro atoms. The van der Waals surface area contributed by atoms with Gasteiger partial charge in [0.25, 0.3) is 0 Å². The molecule has 0 fully saturated rings. The fourth-order valence-electron chi connectivity index (χ4n) is 5.99. The van der Waals surface area contributed by atoms with Crippen LogP contribution in [0.25, 0.3) is 43.8 Å². The molecule has 0 saturated carbocycles. The van der Waals surface area contributed by atoms with Gasteiger partial charge in [-0.3, -0.25) is 0 Å². The molecule has 0 aromatic heterocycles. The minimum atomic E-state index is 0.304. The molecule has 0 amide bonds. The normalized spacial score (nSPS) is 13.1. The van der Waals surface area contributed by atoms with Gasteiger partial charge in [-0.25, -0.2) is 0 Å². The van der Waals surface area contributed by atoms with Crippen LogP contribution in [0.4, 0.5) is 0 Å². The van der Waals surface area contributed by atoms with E-state index in [9.17, 15) is 0 Å². The van der Waals surface area contributed by atoms with Gasteiger partial charge in [-0.1, -0.05) is 106 Å². The molecule has 2 heterocycles. The van der Waals surface area contributed by atoms with Crippen LogP contribution in [0.1, 0.15) is 11.1 Å². The molecule has 0 nitrogen and oxygen atoms in total. The molecule has 29 heavy (non-hydrogen) atoms. The van der Waals surface area contributed by atoms with Gasteiger partial charge in [-0.2, -0.15) is 0 Å². The molecule has 7 rings (SSSR count). The number of benzene rings is 5. The van der Waals surface area contributed by atoms with E-state index in [2.05, 4.69) is 92.7 Å². The van der Waals surface area contributed by atoms with Crippen molar-refractivity contribution in [2.75, 3.05) is 0 Å². The molecule has 1 heteroatoms. The second kappa shape index (κ2) is 5.18. The first-order valence-corrected chi connectivity index (χ1v) is 10.4. The Labute approximate surface area is 170 Å². The van der Waals surface area contributed by atoms with Gasteiger partial charge < -0.3 is 0 Å². The maximum atomic E-state index is 2.33. The van der Waals surface area contributed by atoms with E-state index in [1.165, 1.54) is 71.3 Å². The third-order valence-corrected chi connectivity index (χ3v) is 7.16. The van der Waals surface area contributed by atoms with Crippen molar-refractivity contribution in [2.45, 2.75) is 13.8 Å². The van der Waals surface area contributed by atoms with Crippen molar-refractivity contribution >= 4 is 44.6 Å². The Bertz CT molecular complexity index is 1410. The van der Waals surface area contributed by atoms with Crippen molar-refractivity contribution in [2.24, 2.45) is 0 Å². The summed E-state index contributed by atoms with van der Waals surface area (Å²) in [4.78, 5) is 0. The summed E-state index contributed by atoms with van der Waals surface area (Å²) in [6, 6.07) is 29.7. The lowest BCUT2D eigenvalue weighted by atomic mass is 9.30. The van der Waals surface area contributed by atoms with Crippen molar-refractivity contribution in [1.82, 2.24) is 0 Å². The Balaban J connectivity index is 1.80. The van der Waals surface area contributed by atoms with Crippen LogP contribution in [0.3, 0.4) is 0 Å². The van der Waals surface area contributed by atoms with Crippen LogP contribution in [0, 0.1) is 13.8 Å². The van der Waals surface area contributed by atoms with Gasteiger partial charge in [-0.05, 0) is 57.6 Å². The fraction of sp³-hybridized carbons (Fsp3) is 0.0714. The van der Waals surface area contributed by atoms with Crippen LogP contribution in [-0.2, 0) is 0 Å². The number of rotatable bonds is 0. The molecule has 134 valence electrons. The summed E-state index contributed by atoms with van der Waals surface area (Å²) in [6.45, 7) is 4.88. The lowest BCUT2D eigenvalue weighted by Gasteiger charge is -2.35. The molecule has 0 aliphatic carbocycles. The van der Waals surface area contributed by atoms with E-state index >= 15 is 0 Å². The molecule has 0 saturated heterocycles. The van der Waals surface area contributed by atoms with E-state index in [0.717, 1.165) is 0 Å². The molecule has 2 aliphatic heterocycles. The molecule has 0 unspecified atom stereocenters. The summed E-state index contributed by atoms with van der Waals surface area (Å²) >= 11 is 0. The zero-order valence-corrected chi connectivity index (χ0v) is 16.6. The van der Waals surface area contributed by atoms with E-state index in [1.807, 2.05) is 0 Å². The van der Waals surface area contributed by atoms with Crippen LogP contribution in [0.5, 0.6) is 0 Å². The van der Waals surface area contributed by atoms with E-state index in [4.69, 9.17) is 0 Å². The van der Waals surface area contributed by atoms with Crippen molar-refractivity contribution in [3.05, 3.63) is 90.0 Å². The summed E-state index contributed by atoms with van der Waals surface area (Å²) in [6.07, 6.45) is 0. The fourth-order valence-corrected chi connectivity index (χ4v) is 5.99. The topological polar surface area (TPSA) is 0 Å². The van der Waals surface area contributed by atoms with Crippen LogP contribution < -0.4 is 16.4 Å². The quantitative estimate of drug-likeness (QED) is 0.328. The smallest absolute Gasteiger partial charge is 0.0611 e. The first-order valence-electron chi connectivity index (χ1n) is 10.4. The average molecular weight is 366 g/mol. The summed E-state index contributed by atoms with van der Waals surface area (Å²) in [5.74, 6) is 0. The zero-order valence-electron chi connectivity index (χ0n) is 16.6. The van der Waals surface area contributed by atoms with Gasteiger partial charge in [0.1, 0.15) is 0 Å². The number of hydrogen-bond acceptors (Lipinski definition) is 0. The number of hydrogen-bond donors (Lipinski definition) is 0. The van der Waals surface area contributed by atoms with Gasteiger partial charge in [0, 0.05) is 0 Å². The standard InChI is InChI=1S/C28H19B/c1-16-12-14-18-6-3-8-20-22-10-5-11-23-21-9-4-7-19-15-13-17(2)27(25(19)21)29(28(22)23)26(16)24(18)20/h3-15H,1-2H3. The Morgan fingerprint density at radius 1 is 0.448 bits per heavy atom. The van der Waals surface area contributed by atoms with Crippen LogP contribution >= 0.6 is 0 Å². The minimum absolute atomic E-state index is 0.304. The number of aryl methyl sites for hydroxylation is 2. The van der Waals surface area contributed by atoms with E-state index in [1.54, 1.807) is 0 Å². The van der Waals surface area contributed by atoms with Gasteiger partial charge in [0.2, 0.25) is 6.71 Å². The van der Waals surface area contributed by atoms with Gasteiger partial charge in [-0.15, -0.1) is 0 Å². The van der Waals surface area contributed by atoms with E-state index in [-0.39, 0.29) is 0 Å². The second-order valence-corrected chi connectivity index (χ2v) is 8.60. The molecular formula is C28H19B. The largest absolute Gasteiger partial charge is 0.245 e. The SMILES string of the molecule is Cc1ccc2cccc3c2c1B1c2c-3cccc2-c2cccc3ccc(C)c1c23. The third kappa shape index (κ3) is 1.77. The van der Waals surface area contributed by atoms with Crippen molar-refractivity contribution in [3.8, 4) is 22.3 Å². The Kier molecular flexibility index (Phi) is 2.79. The molecule has 0 N–H and O–H groups in total. The van der Waals surface area contributed by atoms with Gasteiger partial charge in [0.15, 0.2) is 0 Å². The van der Waals surface area contributed by atoms with E-state index in [0.29, 0.717) is 6.71 Å². The molecule has 0 bridgehead atoms. The van der Waals surface area contributed by atoms with Gasteiger partial charge in [0.05, 0.1) is 0 Å². The van der Waals surface area contributed by atoms with E-state index < -0.39 is 0 Å². The molecule has 2 aliphatic rings. The third-order valence-electron chi connectivity index (χ3n) is 7.16. The molecule has 0 atom stereocenters. The first kappa shape index (κ1) is 15.6. The summed E-state index contributed by atoms with van der Waals surface area (Å²) in [5, 5.41) is 5.58. The predicted octanol–water partition coefficient (Wildman–Crippen LogP) is 5.09. The monoisotopic (exact) mass is 366 g/mol. The van der Waals surface area contributed by atoms with Crippen LogP contribution in [0.15, 0.2) is 78.9 Å². The zero-order chi connectivity index (χ0) is 19.3. The van der Waals surface area contributed by atoms with Crippen molar-refractivity contribution in [3.63, 3.8) is 0 Å². The molecule has 0 radical (unpaired) electrons. The molecule has 5 aromatic carbocycles.